The Bertz CT molecular complexity index is 1210. The van der Waals surface area contributed by atoms with Crippen LogP contribution < -0.4 is 15.4 Å². The minimum absolute atomic E-state index is 0.0202. The summed E-state index contributed by atoms with van der Waals surface area (Å²) in [5.41, 5.74) is 1.64. The van der Waals surface area contributed by atoms with Crippen molar-refractivity contribution in [1.82, 2.24) is 10.6 Å². The Balaban J connectivity index is 1.51. The summed E-state index contributed by atoms with van der Waals surface area (Å²) in [6, 6.07) is 18.0. The summed E-state index contributed by atoms with van der Waals surface area (Å²) in [6.45, 7) is 2.12. The lowest BCUT2D eigenvalue weighted by molar-refractivity contribution is 0.0925. The number of halogens is 1. The first-order valence-corrected chi connectivity index (χ1v) is 11.2. The van der Waals surface area contributed by atoms with Crippen molar-refractivity contribution in [3.63, 3.8) is 0 Å². The molecule has 3 N–H and O–H groups in total. The third-order valence-electron chi connectivity index (χ3n) is 4.55. The number of aryl methyl sites for hydroxylation is 1. The average molecular weight is 456 g/mol. The van der Waals surface area contributed by atoms with Crippen LogP contribution in [0.2, 0.25) is 0 Å². The van der Waals surface area contributed by atoms with E-state index in [1.165, 1.54) is 42.5 Å². The molecule has 0 aliphatic carbocycles. The number of anilines is 1. The zero-order valence-corrected chi connectivity index (χ0v) is 18.1. The second-order valence-corrected chi connectivity index (χ2v) is 8.67. The largest absolute Gasteiger partial charge is 0.350 e. The number of rotatable bonds is 8. The van der Waals surface area contributed by atoms with Crippen molar-refractivity contribution < 1.29 is 22.4 Å². The Morgan fingerprint density at radius 3 is 2.03 bits per heavy atom. The third-order valence-corrected chi connectivity index (χ3v) is 5.94. The number of hydrogen-bond acceptors (Lipinski definition) is 4. The summed E-state index contributed by atoms with van der Waals surface area (Å²) >= 11 is 0. The van der Waals surface area contributed by atoms with Gasteiger partial charge in [0.05, 0.1) is 10.5 Å². The van der Waals surface area contributed by atoms with Crippen molar-refractivity contribution in [2.24, 2.45) is 0 Å². The number of benzene rings is 3. The van der Waals surface area contributed by atoms with Gasteiger partial charge in [-0.3, -0.25) is 14.3 Å². The van der Waals surface area contributed by atoms with Gasteiger partial charge in [-0.1, -0.05) is 29.8 Å². The molecule has 9 heteroatoms. The topological polar surface area (TPSA) is 104 Å². The van der Waals surface area contributed by atoms with E-state index >= 15 is 0 Å². The van der Waals surface area contributed by atoms with E-state index in [1.54, 1.807) is 30.3 Å². The SMILES string of the molecule is Cc1ccc(NS(=O)(=O)c2ccc(C(=O)NCCNC(=O)c3ccccc3F)cc2)cc1. The summed E-state index contributed by atoms with van der Waals surface area (Å²) in [7, 11) is -3.79. The molecule has 0 saturated carbocycles. The van der Waals surface area contributed by atoms with E-state index in [1.807, 2.05) is 6.92 Å². The molecule has 3 aromatic carbocycles. The second kappa shape index (κ2) is 10.1. The van der Waals surface area contributed by atoms with Crippen LogP contribution in [0.3, 0.4) is 0 Å². The highest BCUT2D eigenvalue weighted by Crippen LogP contribution is 2.17. The Labute approximate surface area is 185 Å². The van der Waals surface area contributed by atoms with Crippen molar-refractivity contribution >= 4 is 27.5 Å². The maximum absolute atomic E-state index is 13.6. The normalized spacial score (nSPS) is 10.9. The fourth-order valence-electron chi connectivity index (χ4n) is 2.82. The summed E-state index contributed by atoms with van der Waals surface area (Å²) in [5.74, 6) is -1.63. The Kier molecular flexibility index (Phi) is 7.21. The van der Waals surface area contributed by atoms with Crippen molar-refractivity contribution in [1.29, 1.82) is 0 Å². The molecule has 166 valence electrons. The molecule has 0 aromatic heterocycles. The predicted octanol–water partition coefficient (Wildman–Crippen LogP) is 3.09. The van der Waals surface area contributed by atoms with Crippen LogP contribution >= 0.6 is 0 Å². The van der Waals surface area contributed by atoms with Crippen LogP contribution in [0.1, 0.15) is 26.3 Å². The number of hydrogen-bond donors (Lipinski definition) is 3. The molecular weight excluding hydrogens is 433 g/mol. The number of carbonyl (C=O) groups is 2. The van der Waals surface area contributed by atoms with Crippen LogP contribution in [0.5, 0.6) is 0 Å². The van der Waals surface area contributed by atoms with Gasteiger partial charge >= 0.3 is 0 Å². The molecule has 7 nitrogen and oxygen atoms in total. The Morgan fingerprint density at radius 2 is 1.41 bits per heavy atom. The van der Waals surface area contributed by atoms with E-state index < -0.39 is 27.7 Å². The van der Waals surface area contributed by atoms with E-state index in [4.69, 9.17) is 0 Å². The lowest BCUT2D eigenvalue weighted by Gasteiger charge is -2.10. The molecule has 0 unspecified atom stereocenters. The van der Waals surface area contributed by atoms with Crippen LogP contribution in [0.15, 0.2) is 77.7 Å². The number of carbonyl (C=O) groups excluding carboxylic acids is 2. The van der Waals surface area contributed by atoms with E-state index in [0.29, 0.717) is 5.69 Å². The second-order valence-electron chi connectivity index (χ2n) is 6.99. The quantitative estimate of drug-likeness (QED) is 0.454. The number of amides is 2. The zero-order valence-electron chi connectivity index (χ0n) is 17.3. The smallest absolute Gasteiger partial charge is 0.261 e. The Hall–Kier alpha value is -3.72. The highest BCUT2D eigenvalue weighted by atomic mass is 32.2. The molecule has 32 heavy (non-hydrogen) atoms. The molecule has 0 radical (unpaired) electrons. The first-order valence-electron chi connectivity index (χ1n) is 9.77. The van der Waals surface area contributed by atoms with Gasteiger partial charge in [0.2, 0.25) is 0 Å². The fraction of sp³-hybridized carbons (Fsp3) is 0.130. The summed E-state index contributed by atoms with van der Waals surface area (Å²) in [4.78, 5) is 24.2. The van der Waals surface area contributed by atoms with E-state index in [0.717, 1.165) is 5.56 Å². The third kappa shape index (κ3) is 5.92. The predicted molar refractivity (Wildman–Crippen MR) is 119 cm³/mol. The highest BCUT2D eigenvalue weighted by molar-refractivity contribution is 7.92. The number of sulfonamides is 1. The van der Waals surface area contributed by atoms with Gasteiger partial charge in [-0.05, 0) is 55.5 Å². The minimum atomic E-state index is -3.79. The van der Waals surface area contributed by atoms with E-state index in [-0.39, 0.29) is 29.1 Å². The lowest BCUT2D eigenvalue weighted by atomic mass is 10.2. The first kappa shape index (κ1) is 23.0. The van der Waals surface area contributed by atoms with Crippen LogP contribution in [-0.4, -0.2) is 33.3 Å². The van der Waals surface area contributed by atoms with Crippen LogP contribution in [0.4, 0.5) is 10.1 Å². The van der Waals surface area contributed by atoms with Crippen molar-refractivity contribution in [3.8, 4) is 0 Å². The maximum Gasteiger partial charge on any atom is 0.261 e. The molecule has 0 fully saturated rings. The minimum Gasteiger partial charge on any atom is -0.350 e. The van der Waals surface area contributed by atoms with Gasteiger partial charge < -0.3 is 10.6 Å². The molecule has 0 saturated heterocycles. The highest BCUT2D eigenvalue weighted by Gasteiger charge is 2.15. The summed E-state index contributed by atoms with van der Waals surface area (Å²) in [5, 5.41) is 5.13. The first-order chi connectivity index (χ1) is 15.3. The van der Waals surface area contributed by atoms with E-state index in [9.17, 15) is 22.4 Å². The Morgan fingerprint density at radius 1 is 0.812 bits per heavy atom. The molecular formula is C23H22FN3O4S. The monoisotopic (exact) mass is 455 g/mol. The molecule has 0 aliphatic rings. The van der Waals surface area contributed by atoms with Crippen LogP contribution in [0, 0.1) is 12.7 Å². The van der Waals surface area contributed by atoms with Gasteiger partial charge in [-0.2, -0.15) is 0 Å². The van der Waals surface area contributed by atoms with Crippen LogP contribution in [0.25, 0.3) is 0 Å². The summed E-state index contributed by atoms with van der Waals surface area (Å²) < 4.78 is 41.1. The van der Waals surface area contributed by atoms with Crippen molar-refractivity contribution in [2.75, 3.05) is 17.8 Å². The molecule has 0 bridgehead atoms. The lowest BCUT2D eigenvalue weighted by Crippen LogP contribution is -2.35. The molecule has 3 aromatic rings. The van der Waals surface area contributed by atoms with Gasteiger partial charge in [-0.25, -0.2) is 12.8 Å². The molecule has 0 atom stereocenters. The molecule has 2 amide bonds. The average Bonchev–Trinajstić information content (AvgIpc) is 2.78. The van der Waals surface area contributed by atoms with Gasteiger partial charge in [0.15, 0.2) is 0 Å². The molecule has 0 heterocycles. The molecule has 0 aliphatic heterocycles. The molecule has 3 rings (SSSR count). The van der Waals surface area contributed by atoms with Crippen molar-refractivity contribution in [3.05, 3.63) is 95.3 Å². The van der Waals surface area contributed by atoms with Gasteiger partial charge in [0, 0.05) is 24.3 Å². The zero-order chi connectivity index (χ0) is 23.1. The van der Waals surface area contributed by atoms with Gasteiger partial charge in [-0.15, -0.1) is 0 Å². The van der Waals surface area contributed by atoms with Crippen molar-refractivity contribution in [2.45, 2.75) is 11.8 Å². The molecule has 0 spiro atoms. The van der Waals surface area contributed by atoms with Gasteiger partial charge in [0.1, 0.15) is 5.82 Å². The van der Waals surface area contributed by atoms with E-state index in [2.05, 4.69) is 15.4 Å². The fourth-order valence-corrected chi connectivity index (χ4v) is 3.87. The summed E-state index contributed by atoms with van der Waals surface area (Å²) in [6.07, 6.45) is 0. The van der Waals surface area contributed by atoms with Crippen LogP contribution in [-0.2, 0) is 10.0 Å². The number of nitrogens with one attached hydrogen (secondary N) is 3. The standard InChI is InChI=1S/C23H22FN3O4S/c1-16-6-10-18(11-7-16)27-32(30,31)19-12-8-17(9-13-19)22(28)25-14-15-26-23(29)20-4-2-3-5-21(20)24/h2-13,27H,14-15H2,1H3,(H,25,28)(H,26,29). The van der Waals surface area contributed by atoms with Gasteiger partial charge in [0.25, 0.3) is 21.8 Å². The maximum atomic E-state index is 13.6.